The lowest BCUT2D eigenvalue weighted by Gasteiger charge is -2.25. The molecule has 1 aliphatic heterocycles. The van der Waals surface area contributed by atoms with Crippen LogP contribution in [0.25, 0.3) is 11.3 Å². The number of allylic oxidation sites excluding steroid dienone is 1. The van der Waals surface area contributed by atoms with Crippen molar-refractivity contribution in [1.82, 2.24) is 19.7 Å². The van der Waals surface area contributed by atoms with Crippen LogP contribution in [0.3, 0.4) is 0 Å². The third-order valence-corrected chi connectivity index (χ3v) is 6.90. The molecule has 4 nitrogen and oxygen atoms in total. The summed E-state index contributed by atoms with van der Waals surface area (Å²) in [5.41, 5.74) is 6.02. The maximum atomic E-state index is 13.7. The highest BCUT2D eigenvalue weighted by Gasteiger charge is 2.20. The summed E-state index contributed by atoms with van der Waals surface area (Å²) in [6.45, 7) is 15.3. The van der Waals surface area contributed by atoms with Crippen molar-refractivity contribution in [2.24, 2.45) is 5.92 Å². The van der Waals surface area contributed by atoms with Gasteiger partial charge in [-0.3, -0.25) is 4.68 Å². The van der Waals surface area contributed by atoms with E-state index in [2.05, 4.69) is 43.0 Å². The van der Waals surface area contributed by atoms with Crippen LogP contribution in [-0.2, 0) is 25.8 Å². The maximum Gasteiger partial charge on any atom is 0.126 e. The second-order valence-corrected chi connectivity index (χ2v) is 10.2. The summed E-state index contributed by atoms with van der Waals surface area (Å²) in [6.07, 6.45) is 2.94. The van der Waals surface area contributed by atoms with Gasteiger partial charge in [0.1, 0.15) is 5.82 Å². The third kappa shape index (κ3) is 4.90. The maximum absolute atomic E-state index is 13.7. The van der Waals surface area contributed by atoms with Crippen molar-refractivity contribution < 1.29 is 4.39 Å². The lowest BCUT2D eigenvalue weighted by Crippen LogP contribution is -2.28. The molecule has 3 heterocycles. The van der Waals surface area contributed by atoms with Gasteiger partial charge >= 0.3 is 0 Å². The molecule has 6 heteroatoms. The summed E-state index contributed by atoms with van der Waals surface area (Å²) in [6, 6.07) is 7.35. The van der Waals surface area contributed by atoms with Crippen molar-refractivity contribution in [2.45, 2.75) is 53.5 Å². The number of fused-ring (bicyclic) bond motifs is 1. The zero-order valence-electron chi connectivity index (χ0n) is 18.9. The standard InChI is InChI=1S/C25H31FN4S/c1-16(2)12-21-14-24(20-6-7-22(26)17(3)13-20)28-30(21)15-18(4)29-10-8-23-25(9-11-29)31-19(5)27-23/h6-7,13-14,16H,4,8-12,15H2,1-3,5H3. The number of aryl methyl sites for hydroxylation is 2. The van der Waals surface area contributed by atoms with Crippen LogP contribution < -0.4 is 0 Å². The monoisotopic (exact) mass is 438 g/mol. The molecule has 0 fully saturated rings. The van der Waals surface area contributed by atoms with Gasteiger partial charge in [-0.25, -0.2) is 9.37 Å². The summed E-state index contributed by atoms with van der Waals surface area (Å²) in [5.74, 6) is 0.341. The van der Waals surface area contributed by atoms with Crippen molar-refractivity contribution in [3.63, 3.8) is 0 Å². The van der Waals surface area contributed by atoms with E-state index in [0.717, 1.165) is 54.3 Å². The Kier molecular flexibility index (Phi) is 6.28. The highest BCUT2D eigenvalue weighted by atomic mass is 32.1. The predicted octanol–water partition coefficient (Wildman–Crippen LogP) is 5.58. The molecule has 0 saturated carbocycles. The number of rotatable bonds is 6. The molecule has 0 saturated heterocycles. The molecule has 3 aromatic rings. The van der Waals surface area contributed by atoms with Gasteiger partial charge in [0.2, 0.25) is 0 Å². The minimum atomic E-state index is -0.182. The lowest BCUT2D eigenvalue weighted by atomic mass is 10.1. The van der Waals surface area contributed by atoms with E-state index in [4.69, 9.17) is 10.1 Å². The van der Waals surface area contributed by atoms with E-state index in [-0.39, 0.29) is 5.82 Å². The van der Waals surface area contributed by atoms with Gasteiger partial charge in [-0.1, -0.05) is 20.4 Å². The van der Waals surface area contributed by atoms with Crippen LogP contribution in [0, 0.1) is 25.6 Å². The summed E-state index contributed by atoms with van der Waals surface area (Å²) in [7, 11) is 0. The fourth-order valence-electron chi connectivity index (χ4n) is 4.20. The molecule has 1 aliphatic rings. The van der Waals surface area contributed by atoms with E-state index in [1.54, 1.807) is 6.92 Å². The molecule has 0 radical (unpaired) electrons. The Hall–Kier alpha value is -2.47. The lowest BCUT2D eigenvalue weighted by molar-refractivity contribution is 0.336. The van der Waals surface area contributed by atoms with Gasteiger partial charge in [-0.2, -0.15) is 5.10 Å². The van der Waals surface area contributed by atoms with E-state index in [9.17, 15) is 4.39 Å². The molecule has 0 spiro atoms. The number of aromatic nitrogens is 3. The number of halogens is 1. The first-order valence-corrected chi connectivity index (χ1v) is 11.8. The van der Waals surface area contributed by atoms with Crippen LogP contribution in [0.15, 0.2) is 36.5 Å². The molecule has 0 bridgehead atoms. The average Bonchev–Trinajstić information content (AvgIpc) is 3.20. The molecule has 2 aromatic heterocycles. The number of thiazole rings is 1. The highest BCUT2D eigenvalue weighted by Crippen LogP contribution is 2.26. The second kappa shape index (κ2) is 8.95. The van der Waals surface area contributed by atoms with Gasteiger partial charge in [0.15, 0.2) is 0 Å². The molecule has 31 heavy (non-hydrogen) atoms. The quantitative estimate of drug-likeness (QED) is 0.504. The van der Waals surface area contributed by atoms with Gasteiger partial charge in [-0.05, 0) is 56.0 Å². The summed E-state index contributed by atoms with van der Waals surface area (Å²) in [4.78, 5) is 8.50. The molecule has 0 aliphatic carbocycles. The summed E-state index contributed by atoms with van der Waals surface area (Å²) in [5, 5.41) is 6.06. The number of hydrogen-bond donors (Lipinski definition) is 0. The van der Waals surface area contributed by atoms with E-state index in [0.29, 0.717) is 18.0 Å². The van der Waals surface area contributed by atoms with E-state index in [1.807, 2.05) is 23.5 Å². The van der Waals surface area contributed by atoms with Crippen molar-refractivity contribution >= 4 is 11.3 Å². The molecule has 0 amide bonds. The smallest absolute Gasteiger partial charge is 0.126 e. The molecule has 4 rings (SSSR count). The Morgan fingerprint density at radius 3 is 2.71 bits per heavy atom. The molecular formula is C25H31FN4S. The van der Waals surface area contributed by atoms with Crippen molar-refractivity contribution in [3.05, 3.63) is 69.2 Å². The zero-order valence-corrected chi connectivity index (χ0v) is 19.7. The van der Waals surface area contributed by atoms with Crippen LogP contribution in [0.5, 0.6) is 0 Å². The topological polar surface area (TPSA) is 34.0 Å². The Balaban J connectivity index is 1.53. The SMILES string of the molecule is C=C(Cn1nc(-c2ccc(F)c(C)c2)cc1CC(C)C)N1CCc2nc(C)sc2CC1. The van der Waals surface area contributed by atoms with Crippen LogP contribution in [0.4, 0.5) is 4.39 Å². The van der Waals surface area contributed by atoms with Gasteiger partial charge in [0, 0.05) is 47.8 Å². The average molecular weight is 439 g/mol. The molecule has 0 unspecified atom stereocenters. The number of nitrogens with zero attached hydrogens (tertiary/aromatic N) is 4. The molecular weight excluding hydrogens is 407 g/mol. The third-order valence-electron chi connectivity index (χ3n) is 5.83. The molecule has 0 N–H and O–H groups in total. The zero-order chi connectivity index (χ0) is 22.1. The minimum Gasteiger partial charge on any atom is -0.373 e. The predicted molar refractivity (Wildman–Crippen MR) is 126 cm³/mol. The van der Waals surface area contributed by atoms with Crippen LogP contribution in [0.1, 0.15) is 40.7 Å². The fraction of sp³-hybridized carbons (Fsp3) is 0.440. The Labute approximate surface area is 188 Å². The van der Waals surface area contributed by atoms with Crippen LogP contribution in [-0.4, -0.2) is 32.8 Å². The number of benzene rings is 1. The first-order valence-electron chi connectivity index (χ1n) is 11.0. The van der Waals surface area contributed by atoms with Crippen LogP contribution in [0.2, 0.25) is 0 Å². The Morgan fingerprint density at radius 1 is 1.19 bits per heavy atom. The first kappa shape index (κ1) is 21.8. The first-order chi connectivity index (χ1) is 14.8. The second-order valence-electron chi connectivity index (χ2n) is 8.90. The number of hydrogen-bond acceptors (Lipinski definition) is 4. The molecule has 164 valence electrons. The normalized spacial score (nSPS) is 14.1. The van der Waals surface area contributed by atoms with E-state index in [1.165, 1.54) is 22.3 Å². The van der Waals surface area contributed by atoms with Gasteiger partial charge in [0.25, 0.3) is 0 Å². The van der Waals surface area contributed by atoms with Crippen LogP contribution >= 0.6 is 11.3 Å². The summed E-state index contributed by atoms with van der Waals surface area (Å²) < 4.78 is 15.8. The molecule has 1 aromatic carbocycles. The fourth-order valence-corrected chi connectivity index (χ4v) is 5.17. The van der Waals surface area contributed by atoms with Crippen molar-refractivity contribution in [1.29, 1.82) is 0 Å². The van der Waals surface area contributed by atoms with Gasteiger partial charge in [0.05, 0.1) is 22.9 Å². The van der Waals surface area contributed by atoms with Gasteiger partial charge < -0.3 is 4.90 Å². The molecule has 0 atom stereocenters. The minimum absolute atomic E-state index is 0.182. The largest absolute Gasteiger partial charge is 0.373 e. The Bertz CT molecular complexity index is 1070. The Morgan fingerprint density at radius 2 is 1.97 bits per heavy atom. The van der Waals surface area contributed by atoms with Crippen molar-refractivity contribution in [3.8, 4) is 11.3 Å². The summed E-state index contributed by atoms with van der Waals surface area (Å²) >= 11 is 1.82. The van der Waals surface area contributed by atoms with Gasteiger partial charge in [-0.15, -0.1) is 11.3 Å². The van der Waals surface area contributed by atoms with E-state index >= 15 is 0 Å². The van der Waals surface area contributed by atoms with Crippen molar-refractivity contribution in [2.75, 3.05) is 13.1 Å². The van der Waals surface area contributed by atoms with E-state index < -0.39 is 0 Å². The highest BCUT2D eigenvalue weighted by molar-refractivity contribution is 7.11.